The molecule has 0 bridgehead atoms. The number of methoxy groups -OCH3 is 1. The highest BCUT2D eigenvalue weighted by atomic mass is 32.2. The van der Waals surface area contributed by atoms with Crippen LogP contribution in [0.4, 0.5) is 0 Å². The molecule has 1 N–H and O–H groups in total. The van der Waals surface area contributed by atoms with Crippen molar-refractivity contribution >= 4 is 21.1 Å². The van der Waals surface area contributed by atoms with E-state index in [2.05, 4.69) is 9.97 Å². The van der Waals surface area contributed by atoms with Gasteiger partial charge in [-0.2, -0.15) is 4.31 Å². The second-order valence-electron chi connectivity index (χ2n) is 6.30. The van der Waals surface area contributed by atoms with Gasteiger partial charge in [0.15, 0.2) is 0 Å². The first kappa shape index (κ1) is 16.4. The van der Waals surface area contributed by atoms with Gasteiger partial charge in [-0.3, -0.25) is 0 Å². The summed E-state index contributed by atoms with van der Waals surface area (Å²) in [4.78, 5) is 7.31. The molecule has 23 heavy (non-hydrogen) atoms. The molecule has 126 valence electrons. The maximum atomic E-state index is 13.1. The lowest BCUT2D eigenvalue weighted by atomic mass is 10.1. The van der Waals surface area contributed by atoms with Crippen LogP contribution in [0.15, 0.2) is 29.4 Å². The maximum Gasteiger partial charge on any atom is 0.245 e. The highest BCUT2D eigenvalue weighted by Gasteiger charge is 2.40. The summed E-state index contributed by atoms with van der Waals surface area (Å²) in [5.41, 5.74) is -0.00849. The topological polar surface area (TPSA) is 84.5 Å². The Morgan fingerprint density at radius 3 is 3.04 bits per heavy atom. The van der Waals surface area contributed by atoms with Gasteiger partial charge in [0.1, 0.15) is 10.5 Å². The number of hydrogen-bond donors (Lipinski definition) is 1. The van der Waals surface area contributed by atoms with Crippen molar-refractivity contribution in [2.24, 2.45) is 0 Å². The van der Waals surface area contributed by atoms with Crippen LogP contribution in [-0.4, -0.2) is 61.2 Å². The van der Waals surface area contributed by atoms with Crippen LogP contribution < -0.4 is 0 Å². The van der Waals surface area contributed by atoms with E-state index in [4.69, 9.17) is 9.47 Å². The van der Waals surface area contributed by atoms with Gasteiger partial charge in [-0.1, -0.05) is 0 Å². The second-order valence-corrected chi connectivity index (χ2v) is 8.21. The standard InChI is InChI=1S/C15H21N3O4S/c1-15(2)10-18(8-11(22-15)9-21-3)23(19,20)13-7-17-14-12(13)5-4-6-16-14/h4-7,11H,8-10H2,1-3H3,(H,16,17)/t11-/m0/s1. The first-order valence-electron chi connectivity index (χ1n) is 7.42. The Labute approximate surface area is 135 Å². The SMILES string of the molecule is COC[C@@H]1CN(S(=O)(=O)c2c[nH]c3ncccc23)CC(C)(C)O1. The minimum Gasteiger partial charge on any atom is -0.382 e. The van der Waals surface area contributed by atoms with Gasteiger partial charge in [0.05, 0.1) is 18.3 Å². The molecule has 1 aliphatic rings. The molecular weight excluding hydrogens is 318 g/mol. The summed E-state index contributed by atoms with van der Waals surface area (Å²) in [6.45, 7) is 4.68. The van der Waals surface area contributed by atoms with Gasteiger partial charge >= 0.3 is 0 Å². The average molecular weight is 339 g/mol. The fourth-order valence-corrected chi connectivity index (χ4v) is 4.75. The van der Waals surface area contributed by atoms with Gasteiger partial charge in [-0.25, -0.2) is 13.4 Å². The molecule has 0 unspecified atom stereocenters. The van der Waals surface area contributed by atoms with Crippen molar-refractivity contribution in [3.05, 3.63) is 24.5 Å². The molecule has 3 heterocycles. The summed E-state index contributed by atoms with van der Waals surface area (Å²) >= 11 is 0. The molecule has 0 amide bonds. The highest BCUT2D eigenvalue weighted by Crippen LogP contribution is 2.29. The van der Waals surface area contributed by atoms with Gasteiger partial charge in [0.25, 0.3) is 0 Å². The summed E-state index contributed by atoms with van der Waals surface area (Å²) in [6.07, 6.45) is 2.84. The van der Waals surface area contributed by atoms with Crippen LogP contribution in [0.1, 0.15) is 13.8 Å². The van der Waals surface area contributed by atoms with Crippen molar-refractivity contribution in [1.82, 2.24) is 14.3 Å². The Hall–Kier alpha value is -1.48. The fraction of sp³-hybridized carbons (Fsp3) is 0.533. The number of morpholine rings is 1. The Bertz CT molecular complexity index is 800. The summed E-state index contributed by atoms with van der Waals surface area (Å²) in [5.74, 6) is 0. The molecule has 8 heteroatoms. The molecule has 1 atom stereocenters. The lowest BCUT2D eigenvalue weighted by molar-refractivity contribution is -0.135. The van der Waals surface area contributed by atoms with Gasteiger partial charge < -0.3 is 14.5 Å². The van der Waals surface area contributed by atoms with Crippen molar-refractivity contribution in [2.45, 2.75) is 30.4 Å². The fourth-order valence-electron chi connectivity index (χ4n) is 2.98. The summed E-state index contributed by atoms with van der Waals surface area (Å²) in [7, 11) is -2.06. The van der Waals surface area contributed by atoms with E-state index in [0.29, 0.717) is 24.2 Å². The van der Waals surface area contributed by atoms with E-state index in [1.54, 1.807) is 25.4 Å². The number of nitrogens with zero attached hydrogens (tertiary/aromatic N) is 2. The Morgan fingerprint density at radius 2 is 2.30 bits per heavy atom. The maximum absolute atomic E-state index is 13.1. The summed E-state index contributed by atoms with van der Waals surface area (Å²) in [6, 6.07) is 3.48. The zero-order valence-corrected chi connectivity index (χ0v) is 14.3. The van der Waals surface area contributed by atoms with Crippen molar-refractivity contribution in [3.63, 3.8) is 0 Å². The minimum atomic E-state index is -3.64. The summed E-state index contributed by atoms with van der Waals surface area (Å²) < 4.78 is 38.7. The number of H-pyrrole nitrogens is 1. The molecule has 0 saturated carbocycles. The monoisotopic (exact) mass is 339 g/mol. The quantitative estimate of drug-likeness (QED) is 0.910. The van der Waals surface area contributed by atoms with Crippen LogP contribution in [0.25, 0.3) is 11.0 Å². The molecule has 3 rings (SSSR count). The van der Waals surface area contributed by atoms with E-state index < -0.39 is 15.6 Å². The van der Waals surface area contributed by atoms with Crippen LogP contribution in [0.3, 0.4) is 0 Å². The molecular formula is C15H21N3O4S. The number of hydrogen-bond acceptors (Lipinski definition) is 5. The van der Waals surface area contributed by atoms with E-state index in [1.165, 1.54) is 10.5 Å². The second kappa shape index (κ2) is 5.86. The molecule has 1 aliphatic heterocycles. The average Bonchev–Trinajstić information content (AvgIpc) is 2.90. The third-order valence-electron chi connectivity index (χ3n) is 3.83. The Balaban J connectivity index is 1.98. The zero-order chi connectivity index (χ0) is 16.7. The number of fused-ring (bicyclic) bond motifs is 1. The largest absolute Gasteiger partial charge is 0.382 e. The van der Waals surface area contributed by atoms with Gasteiger partial charge in [-0.05, 0) is 26.0 Å². The van der Waals surface area contributed by atoms with Crippen molar-refractivity contribution in [2.75, 3.05) is 26.8 Å². The van der Waals surface area contributed by atoms with E-state index in [1.807, 2.05) is 13.8 Å². The number of aromatic nitrogens is 2. The van der Waals surface area contributed by atoms with Crippen LogP contribution in [0.2, 0.25) is 0 Å². The predicted octanol–water partition coefficient (Wildman–Crippen LogP) is 1.38. The molecule has 0 aliphatic carbocycles. The first-order chi connectivity index (χ1) is 10.8. The number of aromatic amines is 1. The zero-order valence-electron chi connectivity index (χ0n) is 13.4. The van der Waals surface area contributed by atoms with E-state index in [-0.39, 0.29) is 17.5 Å². The van der Waals surface area contributed by atoms with Crippen LogP contribution in [-0.2, 0) is 19.5 Å². The molecule has 0 spiro atoms. The van der Waals surface area contributed by atoms with Crippen LogP contribution in [0.5, 0.6) is 0 Å². The van der Waals surface area contributed by atoms with E-state index in [0.717, 1.165) is 0 Å². The lowest BCUT2D eigenvalue weighted by Crippen LogP contribution is -2.55. The van der Waals surface area contributed by atoms with Crippen LogP contribution in [0, 0.1) is 0 Å². The summed E-state index contributed by atoms with van der Waals surface area (Å²) in [5, 5.41) is 0.597. The molecule has 1 saturated heterocycles. The van der Waals surface area contributed by atoms with Crippen molar-refractivity contribution in [1.29, 1.82) is 0 Å². The number of ether oxygens (including phenoxy) is 2. The van der Waals surface area contributed by atoms with Gasteiger partial charge in [0, 0.05) is 38.0 Å². The van der Waals surface area contributed by atoms with E-state index in [9.17, 15) is 8.42 Å². The number of rotatable bonds is 4. The molecule has 2 aromatic heterocycles. The van der Waals surface area contributed by atoms with Gasteiger partial charge in [0.2, 0.25) is 10.0 Å². The smallest absolute Gasteiger partial charge is 0.245 e. The van der Waals surface area contributed by atoms with Crippen molar-refractivity contribution < 1.29 is 17.9 Å². The predicted molar refractivity (Wildman–Crippen MR) is 85.7 cm³/mol. The molecule has 1 fully saturated rings. The lowest BCUT2D eigenvalue weighted by Gasteiger charge is -2.41. The first-order valence-corrected chi connectivity index (χ1v) is 8.86. The Kier molecular flexibility index (Phi) is 4.18. The highest BCUT2D eigenvalue weighted by molar-refractivity contribution is 7.89. The number of nitrogens with one attached hydrogen (secondary N) is 1. The third-order valence-corrected chi connectivity index (χ3v) is 5.69. The molecule has 7 nitrogen and oxygen atoms in total. The van der Waals surface area contributed by atoms with E-state index >= 15 is 0 Å². The molecule has 0 aromatic carbocycles. The number of pyridine rings is 1. The molecule has 0 radical (unpaired) electrons. The minimum absolute atomic E-state index is 0.245. The van der Waals surface area contributed by atoms with Gasteiger partial charge in [-0.15, -0.1) is 0 Å². The van der Waals surface area contributed by atoms with Crippen LogP contribution >= 0.6 is 0 Å². The number of sulfonamides is 1. The normalized spacial score (nSPS) is 22.5. The van der Waals surface area contributed by atoms with Crippen molar-refractivity contribution in [3.8, 4) is 0 Å². The molecule has 2 aromatic rings. The Morgan fingerprint density at radius 1 is 1.52 bits per heavy atom. The third kappa shape index (κ3) is 3.12.